The number of rotatable bonds is 9. The summed E-state index contributed by atoms with van der Waals surface area (Å²) in [6, 6.07) is 10.3. The molecule has 1 aromatic heterocycles. The van der Waals surface area contributed by atoms with E-state index >= 15 is 0 Å². The van der Waals surface area contributed by atoms with Gasteiger partial charge in [-0.3, -0.25) is 4.79 Å². The molecule has 210 valence electrons. The lowest BCUT2D eigenvalue weighted by molar-refractivity contribution is 0.100. The summed E-state index contributed by atoms with van der Waals surface area (Å²) in [4.78, 5) is 18.1. The van der Waals surface area contributed by atoms with Crippen LogP contribution in [0.5, 0.6) is 0 Å². The van der Waals surface area contributed by atoms with Gasteiger partial charge in [-0.1, -0.05) is 12.1 Å². The number of benzene rings is 2. The first kappa shape index (κ1) is 27.8. The highest BCUT2D eigenvalue weighted by molar-refractivity contribution is 7.90. The number of aromatic amines is 1. The number of nitrogens with zero attached hydrogens (tertiary/aromatic N) is 2. The van der Waals surface area contributed by atoms with Crippen LogP contribution in [0, 0.1) is 0 Å². The van der Waals surface area contributed by atoms with Crippen LogP contribution in [0.1, 0.15) is 53.9 Å². The average molecular weight is 573 g/mol. The van der Waals surface area contributed by atoms with Crippen molar-refractivity contribution in [2.45, 2.75) is 42.9 Å². The van der Waals surface area contributed by atoms with Crippen LogP contribution in [0.2, 0.25) is 0 Å². The smallest absolute Gasteiger partial charge is 0.250 e. The van der Waals surface area contributed by atoms with Gasteiger partial charge in [0, 0.05) is 30.9 Å². The van der Waals surface area contributed by atoms with Gasteiger partial charge < -0.3 is 15.6 Å². The Morgan fingerprint density at radius 3 is 2.38 bits per heavy atom. The zero-order valence-corrected chi connectivity index (χ0v) is 23.9. The van der Waals surface area contributed by atoms with Crippen molar-refractivity contribution in [2.75, 3.05) is 44.7 Å². The second-order valence-electron chi connectivity index (χ2n) is 10.7. The van der Waals surface area contributed by atoms with E-state index < -0.39 is 25.8 Å². The normalized spacial score (nSPS) is 18.2. The average Bonchev–Trinajstić information content (AvgIpc) is 3.58. The van der Waals surface area contributed by atoms with Crippen molar-refractivity contribution >= 4 is 36.7 Å². The van der Waals surface area contributed by atoms with Gasteiger partial charge in [-0.2, -0.15) is 0 Å². The predicted octanol–water partition coefficient (Wildman–Crippen LogP) is 3.33. The molecule has 0 spiro atoms. The highest BCUT2D eigenvalue weighted by atomic mass is 32.2. The van der Waals surface area contributed by atoms with E-state index in [2.05, 4.69) is 9.88 Å². The quantitative estimate of drug-likeness (QED) is 0.404. The third-order valence-electron chi connectivity index (χ3n) is 8.04. The van der Waals surface area contributed by atoms with Crippen molar-refractivity contribution in [3.63, 3.8) is 0 Å². The Bertz CT molecular complexity index is 1580. The minimum Gasteiger partial charge on any atom is -0.366 e. The highest BCUT2D eigenvalue weighted by Gasteiger charge is 2.30. The number of piperidine rings is 1. The molecular formula is C28H36N4O5S2. The number of nitrogens with one attached hydrogen (secondary N) is 1. The molecule has 9 nitrogen and oxygen atoms in total. The van der Waals surface area contributed by atoms with Crippen molar-refractivity contribution in [3.8, 4) is 11.1 Å². The molecule has 2 aromatic carbocycles. The zero-order chi connectivity index (χ0) is 27.8. The number of hydrogen-bond acceptors (Lipinski definition) is 6. The van der Waals surface area contributed by atoms with Gasteiger partial charge in [-0.05, 0) is 98.6 Å². The monoisotopic (exact) mass is 572 g/mol. The van der Waals surface area contributed by atoms with E-state index in [1.807, 2.05) is 12.3 Å². The number of carbonyl (C=O) groups is 1. The van der Waals surface area contributed by atoms with Crippen LogP contribution >= 0.6 is 0 Å². The van der Waals surface area contributed by atoms with Crippen molar-refractivity contribution in [1.82, 2.24) is 14.2 Å². The van der Waals surface area contributed by atoms with Gasteiger partial charge in [0.1, 0.15) is 0 Å². The van der Waals surface area contributed by atoms with Gasteiger partial charge in [0.25, 0.3) is 5.91 Å². The van der Waals surface area contributed by atoms with E-state index in [1.54, 1.807) is 34.6 Å². The Morgan fingerprint density at radius 1 is 1.00 bits per heavy atom. The lowest BCUT2D eigenvalue weighted by atomic mass is 9.88. The maximum atomic E-state index is 13.0. The van der Waals surface area contributed by atoms with Crippen LogP contribution in [0.4, 0.5) is 0 Å². The molecule has 11 heteroatoms. The molecule has 2 saturated heterocycles. The molecular weight excluding hydrogens is 536 g/mol. The molecule has 0 aliphatic carbocycles. The van der Waals surface area contributed by atoms with Crippen LogP contribution in [0.3, 0.4) is 0 Å². The first-order chi connectivity index (χ1) is 18.5. The van der Waals surface area contributed by atoms with E-state index in [1.165, 1.54) is 12.8 Å². The highest BCUT2D eigenvalue weighted by Crippen LogP contribution is 2.37. The van der Waals surface area contributed by atoms with Gasteiger partial charge in [0.2, 0.25) is 10.0 Å². The lowest BCUT2D eigenvalue weighted by Gasteiger charge is -2.31. The fourth-order valence-electron chi connectivity index (χ4n) is 5.91. The number of sulfone groups is 1. The largest absolute Gasteiger partial charge is 0.366 e. The Labute approximate surface area is 230 Å². The predicted molar refractivity (Wildman–Crippen MR) is 153 cm³/mol. The molecule has 1 amide bonds. The number of primary amides is 1. The van der Waals surface area contributed by atoms with Crippen molar-refractivity contribution in [1.29, 1.82) is 0 Å². The topological polar surface area (TPSA) is 134 Å². The van der Waals surface area contributed by atoms with E-state index in [9.17, 15) is 21.6 Å². The molecule has 3 aromatic rings. The van der Waals surface area contributed by atoms with Gasteiger partial charge >= 0.3 is 0 Å². The minimum absolute atomic E-state index is 0.119. The van der Waals surface area contributed by atoms with Gasteiger partial charge in [0.15, 0.2) is 9.84 Å². The molecule has 2 aliphatic heterocycles. The first-order valence-corrected chi connectivity index (χ1v) is 17.0. The van der Waals surface area contributed by atoms with Gasteiger partial charge in [-0.25, -0.2) is 21.1 Å². The van der Waals surface area contributed by atoms with Crippen LogP contribution in [0.25, 0.3) is 22.0 Å². The number of sulfonamides is 1. The summed E-state index contributed by atoms with van der Waals surface area (Å²) in [5.41, 5.74) is 9.07. The first-order valence-electron chi connectivity index (χ1n) is 13.5. The number of nitrogens with two attached hydrogens (primary N) is 1. The number of H-pyrrole nitrogens is 1. The van der Waals surface area contributed by atoms with Crippen LogP contribution in [-0.4, -0.2) is 81.7 Å². The number of likely N-dealkylation sites (tertiary alicyclic amines) is 1. The minimum atomic E-state index is -3.40. The second kappa shape index (κ2) is 11.0. The van der Waals surface area contributed by atoms with Crippen molar-refractivity contribution in [2.24, 2.45) is 5.73 Å². The van der Waals surface area contributed by atoms with E-state index in [4.69, 9.17) is 5.73 Å². The summed E-state index contributed by atoms with van der Waals surface area (Å²) in [5.74, 6) is -0.281. The molecule has 2 fully saturated rings. The molecule has 2 aliphatic rings. The number of amides is 1. The maximum absolute atomic E-state index is 13.0. The lowest BCUT2D eigenvalue weighted by Crippen LogP contribution is -2.39. The van der Waals surface area contributed by atoms with Crippen LogP contribution in [0.15, 0.2) is 47.5 Å². The molecule has 0 saturated carbocycles. The van der Waals surface area contributed by atoms with Crippen molar-refractivity contribution in [3.05, 3.63) is 53.7 Å². The summed E-state index contributed by atoms with van der Waals surface area (Å²) >= 11 is 0. The fraction of sp³-hybridized carbons (Fsp3) is 0.464. The third kappa shape index (κ3) is 6.06. The van der Waals surface area contributed by atoms with Crippen LogP contribution < -0.4 is 5.73 Å². The van der Waals surface area contributed by atoms with E-state index in [0.717, 1.165) is 36.8 Å². The number of hydrogen-bond donors (Lipinski definition) is 2. The number of aromatic nitrogens is 1. The molecule has 5 rings (SSSR count). The molecule has 0 unspecified atom stereocenters. The number of carbonyl (C=O) groups excluding carboxylic acids is 1. The molecule has 3 N–H and O–H groups in total. The number of fused-ring (bicyclic) bond motifs is 1. The van der Waals surface area contributed by atoms with Gasteiger partial charge in [0.05, 0.1) is 21.7 Å². The third-order valence-corrected chi connectivity index (χ3v) is 11.1. The fourth-order valence-corrected chi connectivity index (χ4v) is 8.09. The van der Waals surface area contributed by atoms with Crippen molar-refractivity contribution < 1.29 is 21.6 Å². The molecule has 0 atom stereocenters. The summed E-state index contributed by atoms with van der Waals surface area (Å²) in [6.07, 6.45) is 7.46. The summed E-state index contributed by atoms with van der Waals surface area (Å²) in [7, 11) is -6.70. The maximum Gasteiger partial charge on any atom is 0.250 e. The Hall–Kier alpha value is -2.73. The Kier molecular flexibility index (Phi) is 7.87. The van der Waals surface area contributed by atoms with E-state index in [-0.39, 0.29) is 16.6 Å². The van der Waals surface area contributed by atoms with Gasteiger partial charge in [-0.15, -0.1) is 0 Å². The SMILES string of the molecule is CS(=O)(=O)c1cccc(-c2cc(C(N)=O)c3[nH]cc(C4CCN(S(=O)(=O)CCCN5CCCC5)CC4)c3c2)c1. The van der Waals surface area contributed by atoms with Crippen LogP contribution in [-0.2, 0) is 19.9 Å². The zero-order valence-electron chi connectivity index (χ0n) is 22.2. The van der Waals surface area contributed by atoms with E-state index in [0.29, 0.717) is 54.6 Å². The summed E-state index contributed by atoms with van der Waals surface area (Å²) in [6.45, 7) is 3.89. The standard InChI is InChI=1S/C28H36N4O5S2/c1-38(34,35)23-7-4-6-21(16-23)22-17-24-26(19-30-27(24)25(18-22)28(29)33)20-8-13-32(14-9-20)39(36,37)15-5-12-31-10-2-3-11-31/h4,6-7,16-20,30H,2-3,5,8-15H2,1H3,(H2,29,33). The Morgan fingerprint density at radius 2 is 1.72 bits per heavy atom. The Balaban J connectivity index is 1.36. The molecule has 3 heterocycles. The molecule has 39 heavy (non-hydrogen) atoms. The molecule has 0 radical (unpaired) electrons. The summed E-state index contributed by atoms with van der Waals surface area (Å²) < 4.78 is 51.8. The summed E-state index contributed by atoms with van der Waals surface area (Å²) in [5, 5.41) is 0.845. The second-order valence-corrected chi connectivity index (χ2v) is 14.9. The molecule has 0 bridgehead atoms.